The van der Waals surface area contributed by atoms with Crippen LogP contribution in [0, 0.1) is 0 Å². The molecule has 12 heavy (non-hydrogen) atoms. The molecule has 2 heterocycles. The summed E-state index contributed by atoms with van der Waals surface area (Å²) in [6, 6.07) is 2.06. The maximum atomic E-state index is 4.05. The van der Waals surface area contributed by atoms with Crippen LogP contribution in [0.1, 0.15) is 6.92 Å². The predicted octanol–water partition coefficient (Wildman–Crippen LogP) is 2.03. The number of aryl methyl sites for hydroxylation is 1. The van der Waals surface area contributed by atoms with Crippen molar-refractivity contribution in [3.05, 3.63) is 23.2 Å². The van der Waals surface area contributed by atoms with Crippen LogP contribution in [-0.2, 0) is 6.54 Å². The number of thiophene rings is 1. The van der Waals surface area contributed by atoms with Crippen molar-refractivity contribution in [1.82, 2.24) is 14.8 Å². The summed E-state index contributed by atoms with van der Waals surface area (Å²) in [5, 5.41) is 12.0. The van der Waals surface area contributed by atoms with Gasteiger partial charge in [0.25, 0.3) is 0 Å². The molecule has 0 aliphatic heterocycles. The molecule has 2 aromatic heterocycles. The molecular formula is C8H9N3S. The summed E-state index contributed by atoms with van der Waals surface area (Å²) in [4.78, 5) is 0. The van der Waals surface area contributed by atoms with Gasteiger partial charge in [-0.3, -0.25) is 0 Å². The van der Waals surface area contributed by atoms with Crippen LogP contribution in [0.15, 0.2) is 23.2 Å². The Morgan fingerprint density at radius 3 is 3.17 bits per heavy atom. The normalized spacial score (nSPS) is 10.4. The highest BCUT2D eigenvalue weighted by molar-refractivity contribution is 7.08. The molecule has 0 fully saturated rings. The van der Waals surface area contributed by atoms with Gasteiger partial charge in [0.1, 0.15) is 6.33 Å². The van der Waals surface area contributed by atoms with Crippen LogP contribution in [0.2, 0.25) is 0 Å². The molecule has 0 saturated heterocycles. The zero-order chi connectivity index (χ0) is 8.39. The summed E-state index contributed by atoms with van der Waals surface area (Å²) < 4.78 is 2.03. The standard InChI is InChI=1S/C8H9N3S/c1-2-11-6-9-10-8(11)7-3-4-12-5-7/h3-6H,2H2,1H3. The van der Waals surface area contributed by atoms with Gasteiger partial charge in [0, 0.05) is 17.5 Å². The van der Waals surface area contributed by atoms with Crippen LogP contribution in [0.25, 0.3) is 11.4 Å². The monoisotopic (exact) mass is 179 g/mol. The number of hydrogen-bond acceptors (Lipinski definition) is 3. The van der Waals surface area contributed by atoms with E-state index in [9.17, 15) is 0 Å². The number of hydrogen-bond donors (Lipinski definition) is 0. The van der Waals surface area contributed by atoms with Crippen molar-refractivity contribution in [1.29, 1.82) is 0 Å². The Labute approximate surface area is 74.7 Å². The lowest BCUT2D eigenvalue weighted by atomic mass is 10.3. The maximum Gasteiger partial charge on any atom is 0.164 e. The topological polar surface area (TPSA) is 30.7 Å². The quantitative estimate of drug-likeness (QED) is 0.706. The molecule has 0 aliphatic rings. The van der Waals surface area contributed by atoms with Crippen molar-refractivity contribution >= 4 is 11.3 Å². The van der Waals surface area contributed by atoms with E-state index >= 15 is 0 Å². The van der Waals surface area contributed by atoms with Gasteiger partial charge in [-0.25, -0.2) is 0 Å². The van der Waals surface area contributed by atoms with Crippen LogP contribution in [0.3, 0.4) is 0 Å². The Hall–Kier alpha value is -1.16. The Morgan fingerprint density at radius 2 is 2.50 bits per heavy atom. The van der Waals surface area contributed by atoms with Gasteiger partial charge in [-0.15, -0.1) is 10.2 Å². The van der Waals surface area contributed by atoms with E-state index in [1.54, 1.807) is 17.7 Å². The second-order valence-electron chi connectivity index (χ2n) is 2.45. The van der Waals surface area contributed by atoms with E-state index in [1.165, 1.54) is 0 Å². The smallest absolute Gasteiger partial charge is 0.164 e. The second-order valence-corrected chi connectivity index (χ2v) is 3.23. The Bertz CT molecular complexity index is 350. The summed E-state index contributed by atoms with van der Waals surface area (Å²) >= 11 is 1.68. The average molecular weight is 179 g/mol. The number of aromatic nitrogens is 3. The number of nitrogens with zero attached hydrogens (tertiary/aromatic N) is 3. The van der Waals surface area contributed by atoms with Gasteiger partial charge in [0.05, 0.1) is 0 Å². The highest BCUT2D eigenvalue weighted by Crippen LogP contribution is 2.18. The molecule has 0 amide bonds. The highest BCUT2D eigenvalue weighted by atomic mass is 32.1. The van der Waals surface area contributed by atoms with Crippen molar-refractivity contribution in [2.75, 3.05) is 0 Å². The first kappa shape index (κ1) is 7.49. The summed E-state index contributed by atoms with van der Waals surface area (Å²) in [5.74, 6) is 0.957. The zero-order valence-corrected chi connectivity index (χ0v) is 7.58. The van der Waals surface area contributed by atoms with Crippen LogP contribution in [-0.4, -0.2) is 14.8 Å². The second kappa shape index (κ2) is 3.06. The fraction of sp³-hybridized carbons (Fsp3) is 0.250. The minimum Gasteiger partial charge on any atom is -0.314 e. The molecule has 0 radical (unpaired) electrons. The van der Waals surface area contributed by atoms with E-state index in [0.717, 1.165) is 17.9 Å². The van der Waals surface area contributed by atoms with Crippen LogP contribution < -0.4 is 0 Å². The van der Waals surface area contributed by atoms with Crippen molar-refractivity contribution in [2.45, 2.75) is 13.5 Å². The molecule has 0 saturated carbocycles. The Kier molecular flexibility index (Phi) is 1.91. The molecule has 2 rings (SSSR count). The predicted molar refractivity (Wildman–Crippen MR) is 49.0 cm³/mol. The van der Waals surface area contributed by atoms with Gasteiger partial charge >= 0.3 is 0 Å². The summed E-state index contributed by atoms with van der Waals surface area (Å²) in [7, 11) is 0. The molecule has 0 spiro atoms. The molecule has 0 bridgehead atoms. The molecule has 0 atom stereocenters. The summed E-state index contributed by atoms with van der Waals surface area (Å²) in [6.07, 6.45) is 1.76. The van der Waals surface area contributed by atoms with Gasteiger partial charge in [0.2, 0.25) is 0 Å². The first-order valence-corrected chi connectivity index (χ1v) is 4.76. The minimum atomic E-state index is 0.915. The molecule has 0 aromatic carbocycles. The Balaban J connectivity index is 2.46. The minimum absolute atomic E-state index is 0.915. The van der Waals surface area contributed by atoms with Crippen molar-refractivity contribution in [3.63, 3.8) is 0 Å². The molecule has 3 nitrogen and oxygen atoms in total. The fourth-order valence-electron chi connectivity index (χ4n) is 1.10. The third-order valence-corrected chi connectivity index (χ3v) is 2.42. The molecule has 62 valence electrons. The molecular weight excluding hydrogens is 170 g/mol. The van der Waals surface area contributed by atoms with E-state index in [1.807, 2.05) is 9.95 Å². The first-order valence-electron chi connectivity index (χ1n) is 3.82. The average Bonchev–Trinajstić information content (AvgIpc) is 2.74. The van der Waals surface area contributed by atoms with Crippen molar-refractivity contribution in [3.8, 4) is 11.4 Å². The molecule has 0 N–H and O–H groups in total. The van der Waals surface area contributed by atoms with E-state index in [4.69, 9.17) is 0 Å². The molecule has 2 aromatic rings. The van der Waals surface area contributed by atoms with Crippen LogP contribution >= 0.6 is 11.3 Å². The summed E-state index contributed by atoms with van der Waals surface area (Å²) in [5.41, 5.74) is 1.15. The van der Waals surface area contributed by atoms with Crippen molar-refractivity contribution < 1.29 is 0 Å². The lowest BCUT2D eigenvalue weighted by Crippen LogP contribution is -1.94. The number of rotatable bonds is 2. The molecule has 0 aliphatic carbocycles. The van der Waals surface area contributed by atoms with Gasteiger partial charge in [-0.2, -0.15) is 11.3 Å². The summed E-state index contributed by atoms with van der Waals surface area (Å²) in [6.45, 7) is 3.00. The van der Waals surface area contributed by atoms with Gasteiger partial charge in [-0.05, 0) is 18.4 Å². The van der Waals surface area contributed by atoms with E-state index in [2.05, 4.69) is 28.6 Å². The van der Waals surface area contributed by atoms with E-state index < -0.39 is 0 Å². The molecule has 0 unspecified atom stereocenters. The van der Waals surface area contributed by atoms with Gasteiger partial charge in [-0.1, -0.05) is 0 Å². The van der Waals surface area contributed by atoms with Crippen molar-refractivity contribution in [2.24, 2.45) is 0 Å². The Morgan fingerprint density at radius 1 is 1.58 bits per heavy atom. The largest absolute Gasteiger partial charge is 0.314 e. The molecule has 4 heteroatoms. The van der Waals surface area contributed by atoms with Crippen LogP contribution in [0.4, 0.5) is 0 Å². The van der Waals surface area contributed by atoms with E-state index in [0.29, 0.717) is 0 Å². The van der Waals surface area contributed by atoms with Gasteiger partial charge in [0.15, 0.2) is 5.82 Å². The fourth-order valence-corrected chi connectivity index (χ4v) is 1.74. The van der Waals surface area contributed by atoms with E-state index in [-0.39, 0.29) is 0 Å². The maximum absolute atomic E-state index is 4.05. The SMILES string of the molecule is CCn1cnnc1-c1ccsc1. The third kappa shape index (κ3) is 1.14. The van der Waals surface area contributed by atoms with Gasteiger partial charge < -0.3 is 4.57 Å². The lowest BCUT2D eigenvalue weighted by Gasteiger charge is -1.98. The zero-order valence-electron chi connectivity index (χ0n) is 6.77. The first-order chi connectivity index (χ1) is 5.92. The highest BCUT2D eigenvalue weighted by Gasteiger charge is 2.04. The lowest BCUT2D eigenvalue weighted by molar-refractivity contribution is 0.767. The third-order valence-electron chi connectivity index (χ3n) is 1.74. The van der Waals surface area contributed by atoms with Crippen LogP contribution in [0.5, 0.6) is 0 Å².